The number of aromatic nitrogens is 2. The number of hydrogen-bond acceptors (Lipinski definition) is 4. The van der Waals surface area contributed by atoms with Crippen LogP contribution < -0.4 is 11.1 Å². The van der Waals surface area contributed by atoms with Gasteiger partial charge in [-0.3, -0.25) is 0 Å². The van der Waals surface area contributed by atoms with Crippen LogP contribution in [0.15, 0.2) is 30.5 Å². The molecule has 0 aliphatic heterocycles. The fourth-order valence-corrected chi connectivity index (χ4v) is 2.55. The molecule has 0 atom stereocenters. The van der Waals surface area contributed by atoms with Crippen molar-refractivity contribution in [2.24, 2.45) is 5.73 Å². The first-order valence-electron chi connectivity index (χ1n) is 7.35. The summed E-state index contributed by atoms with van der Waals surface area (Å²) in [4.78, 5) is 9.31. The highest BCUT2D eigenvalue weighted by Crippen LogP contribution is 2.36. The van der Waals surface area contributed by atoms with Crippen LogP contribution in [0.2, 0.25) is 5.02 Å². The number of hydrogen-bond donors (Lipinski definition) is 2. The van der Waals surface area contributed by atoms with Gasteiger partial charge in [0.2, 0.25) is 0 Å². The Balaban J connectivity index is 1.97. The summed E-state index contributed by atoms with van der Waals surface area (Å²) >= 11 is 5.97. The molecule has 1 aliphatic rings. The Morgan fingerprint density at radius 1 is 1.24 bits per heavy atom. The highest BCUT2D eigenvalue weighted by atomic mass is 35.5. The Labute approximate surface area is 129 Å². The Kier molecular flexibility index (Phi) is 4.36. The van der Waals surface area contributed by atoms with Gasteiger partial charge in [0.25, 0.3) is 0 Å². The van der Waals surface area contributed by atoms with E-state index in [9.17, 15) is 0 Å². The summed E-state index contributed by atoms with van der Waals surface area (Å²) in [5, 5.41) is 4.02. The maximum Gasteiger partial charge on any atom is 0.132 e. The zero-order chi connectivity index (χ0) is 14.7. The van der Waals surface area contributed by atoms with Crippen molar-refractivity contribution in [3.05, 3.63) is 41.3 Å². The molecule has 1 fully saturated rings. The van der Waals surface area contributed by atoms with E-state index in [1.807, 2.05) is 30.5 Å². The first kappa shape index (κ1) is 14.3. The standard InChI is InChI=1S/C16H19ClN4/c17-13-6-4-11(5-7-13)15-14(19-9-8-18)10-20-16(21-15)12-2-1-3-12/h4-7,10,12,19H,1-3,8-9,18H2. The van der Waals surface area contributed by atoms with Crippen LogP contribution in [0.3, 0.4) is 0 Å². The minimum atomic E-state index is 0.514. The van der Waals surface area contributed by atoms with Gasteiger partial charge in [0.05, 0.1) is 17.6 Å². The van der Waals surface area contributed by atoms with Crippen molar-refractivity contribution in [3.8, 4) is 11.3 Å². The lowest BCUT2D eigenvalue weighted by molar-refractivity contribution is 0.402. The van der Waals surface area contributed by atoms with Crippen LogP contribution in [0.4, 0.5) is 5.69 Å². The lowest BCUT2D eigenvalue weighted by Gasteiger charge is -2.24. The number of benzene rings is 1. The van der Waals surface area contributed by atoms with E-state index < -0.39 is 0 Å². The molecule has 0 spiro atoms. The second-order valence-corrected chi connectivity index (χ2v) is 5.78. The minimum Gasteiger partial charge on any atom is -0.381 e. The maximum absolute atomic E-state index is 5.97. The van der Waals surface area contributed by atoms with Crippen molar-refractivity contribution >= 4 is 17.3 Å². The van der Waals surface area contributed by atoms with Gasteiger partial charge in [-0.05, 0) is 25.0 Å². The van der Waals surface area contributed by atoms with Gasteiger partial charge in [0.15, 0.2) is 0 Å². The molecule has 1 aliphatic carbocycles. The van der Waals surface area contributed by atoms with E-state index >= 15 is 0 Å². The summed E-state index contributed by atoms with van der Waals surface area (Å²) in [6, 6.07) is 7.75. The highest BCUT2D eigenvalue weighted by Gasteiger charge is 2.23. The second kappa shape index (κ2) is 6.41. The number of nitrogens with one attached hydrogen (secondary N) is 1. The molecule has 1 aromatic heterocycles. The molecule has 3 rings (SSSR count). The molecule has 21 heavy (non-hydrogen) atoms. The topological polar surface area (TPSA) is 63.8 Å². The molecule has 0 bridgehead atoms. The molecule has 110 valence electrons. The van der Waals surface area contributed by atoms with Crippen LogP contribution in [0.1, 0.15) is 31.0 Å². The van der Waals surface area contributed by atoms with Crippen molar-refractivity contribution in [2.45, 2.75) is 25.2 Å². The number of nitrogens with two attached hydrogens (primary N) is 1. The zero-order valence-corrected chi connectivity index (χ0v) is 12.6. The quantitative estimate of drug-likeness (QED) is 0.888. The van der Waals surface area contributed by atoms with Gasteiger partial charge in [0, 0.05) is 29.6 Å². The van der Waals surface area contributed by atoms with E-state index in [1.54, 1.807) is 0 Å². The van der Waals surface area contributed by atoms with Crippen LogP contribution in [-0.4, -0.2) is 23.1 Å². The van der Waals surface area contributed by atoms with E-state index in [1.165, 1.54) is 19.3 Å². The molecular formula is C16H19ClN4. The molecule has 1 aromatic carbocycles. The normalized spacial score (nSPS) is 14.8. The molecular weight excluding hydrogens is 284 g/mol. The van der Waals surface area contributed by atoms with Gasteiger partial charge < -0.3 is 11.1 Å². The van der Waals surface area contributed by atoms with Crippen LogP contribution in [-0.2, 0) is 0 Å². The van der Waals surface area contributed by atoms with E-state index in [0.29, 0.717) is 19.0 Å². The third kappa shape index (κ3) is 3.17. The predicted octanol–water partition coefficient (Wildman–Crippen LogP) is 3.44. The van der Waals surface area contributed by atoms with Crippen LogP contribution in [0, 0.1) is 0 Å². The molecule has 0 radical (unpaired) electrons. The average Bonchev–Trinajstić information content (AvgIpc) is 2.45. The monoisotopic (exact) mass is 302 g/mol. The molecule has 2 aromatic rings. The maximum atomic E-state index is 5.97. The largest absolute Gasteiger partial charge is 0.381 e. The number of anilines is 1. The smallest absolute Gasteiger partial charge is 0.132 e. The minimum absolute atomic E-state index is 0.514. The molecule has 0 saturated heterocycles. The molecule has 4 nitrogen and oxygen atoms in total. The van der Waals surface area contributed by atoms with E-state index in [4.69, 9.17) is 22.3 Å². The van der Waals surface area contributed by atoms with Gasteiger partial charge in [-0.1, -0.05) is 30.2 Å². The Morgan fingerprint density at radius 2 is 2.00 bits per heavy atom. The zero-order valence-electron chi connectivity index (χ0n) is 11.8. The van der Waals surface area contributed by atoms with Crippen molar-refractivity contribution in [2.75, 3.05) is 18.4 Å². The van der Waals surface area contributed by atoms with Crippen molar-refractivity contribution in [1.82, 2.24) is 9.97 Å². The van der Waals surface area contributed by atoms with Crippen molar-refractivity contribution < 1.29 is 0 Å². The average molecular weight is 303 g/mol. The Morgan fingerprint density at radius 3 is 2.62 bits per heavy atom. The van der Waals surface area contributed by atoms with E-state index in [0.717, 1.165) is 27.8 Å². The molecule has 3 N–H and O–H groups in total. The second-order valence-electron chi connectivity index (χ2n) is 5.34. The fraction of sp³-hybridized carbons (Fsp3) is 0.375. The van der Waals surface area contributed by atoms with Crippen molar-refractivity contribution in [3.63, 3.8) is 0 Å². The number of halogens is 1. The number of nitrogens with zero attached hydrogens (tertiary/aromatic N) is 2. The first-order valence-corrected chi connectivity index (χ1v) is 7.72. The van der Waals surface area contributed by atoms with E-state index in [2.05, 4.69) is 10.3 Å². The van der Waals surface area contributed by atoms with Gasteiger partial charge in [-0.25, -0.2) is 9.97 Å². The summed E-state index contributed by atoms with van der Waals surface area (Å²) in [6.45, 7) is 1.27. The summed E-state index contributed by atoms with van der Waals surface area (Å²) in [5.74, 6) is 1.46. The fourth-order valence-electron chi connectivity index (χ4n) is 2.42. The van der Waals surface area contributed by atoms with Gasteiger partial charge in [-0.15, -0.1) is 0 Å². The van der Waals surface area contributed by atoms with Crippen LogP contribution >= 0.6 is 11.6 Å². The van der Waals surface area contributed by atoms with Gasteiger partial charge in [-0.2, -0.15) is 0 Å². The van der Waals surface area contributed by atoms with E-state index in [-0.39, 0.29) is 0 Å². The van der Waals surface area contributed by atoms with Crippen molar-refractivity contribution in [1.29, 1.82) is 0 Å². The summed E-state index contributed by atoms with van der Waals surface area (Å²) in [6.07, 6.45) is 5.53. The molecule has 1 heterocycles. The van der Waals surface area contributed by atoms with Gasteiger partial charge in [0.1, 0.15) is 5.82 Å². The SMILES string of the molecule is NCCNc1cnc(C2CCC2)nc1-c1ccc(Cl)cc1. The molecule has 0 unspecified atom stereocenters. The Hall–Kier alpha value is -1.65. The third-order valence-corrected chi connectivity index (χ3v) is 4.11. The number of rotatable bonds is 5. The van der Waals surface area contributed by atoms with Gasteiger partial charge >= 0.3 is 0 Å². The Bertz CT molecular complexity index is 608. The molecule has 5 heteroatoms. The lowest BCUT2D eigenvalue weighted by atomic mass is 9.85. The molecule has 0 amide bonds. The van der Waals surface area contributed by atoms with Crippen LogP contribution in [0.25, 0.3) is 11.3 Å². The summed E-state index contributed by atoms with van der Waals surface area (Å²) < 4.78 is 0. The highest BCUT2D eigenvalue weighted by molar-refractivity contribution is 6.30. The molecule has 1 saturated carbocycles. The lowest BCUT2D eigenvalue weighted by Crippen LogP contribution is -2.16. The first-order chi connectivity index (χ1) is 10.3. The summed E-state index contributed by atoms with van der Waals surface area (Å²) in [7, 11) is 0. The predicted molar refractivity (Wildman–Crippen MR) is 86.6 cm³/mol. The third-order valence-electron chi connectivity index (χ3n) is 3.86. The van der Waals surface area contributed by atoms with Crippen LogP contribution in [0.5, 0.6) is 0 Å². The summed E-state index contributed by atoms with van der Waals surface area (Å²) in [5.41, 5.74) is 8.47.